The molecule has 3 N–H and O–H groups in total. The molecule has 11 nitrogen and oxygen atoms in total. The summed E-state index contributed by atoms with van der Waals surface area (Å²) in [7, 11) is -1.22. The molecule has 0 aliphatic rings. The van der Waals surface area contributed by atoms with Crippen LogP contribution in [0.1, 0.15) is 37.4 Å². The lowest BCUT2D eigenvalue weighted by atomic mass is 9.98. The number of nitrogens with two attached hydrogens (primary N) is 1. The topological polar surface area (TPSA) is 169 Å². The third kappa shape index (κ3) is 7.18. The maximum absolute atomic E-state index is 13.4. The van der Waals surface area contributed by atoms with Crippen LogP contribution in [-0.4, -0.2) is 51.8 Å². The Balaban J connectivity index is 1.85. The molecule has 0 saturated heterocycles. The number of nitrogens with zero attached hydrogens (tertiary/aromatic N) is 2. The fraction of sp³-hybridized carbons (Fsp3) is 0.154. The molecule has 0 spiro atoms. The Labute approximate surface area is 229 Å². The SMILES string of the molecule is CON(C)C(=O)c1cc(C#N)cc(C(=O)c2cc(Cl)ccc2OCC(=O)Nc2ccc(S(N)(=O)=O)cc2C)c1. The van der Waals surface area contributed by atoms with Crippen LogP contribution in [0.15, 0.2) is 59.5 Å². The van der Waals surface area contributed by atoms with Gasteiger partial charge in [0, 0.05) is 28.9 Å². The Bertz CT molecular complexity index is 1620. The molecule has 0 heterocycles. The second kappa shape index (κ2) is 12.1. The first-order chi connectivity index (χ1) is 18.3. The van der Waals surface area contributed by atoms with Crippen LogP contribution < -0.4 is 15.2 Å². The van der Waals surface area contributed by atoms with Crippen molar-refractivity contribution in [3.8, 4) is 11.8 Å². The van der Waals surface area contributed by atoms with Gasteiger partial charge in [-0.05, 0) is 67.1 Å². The molecule has 0 radical (unpaired) electrons. The number of aryl methyl sites for hydroxylation is 1. The first-order valence-corrected chi connectivity index (χ1v) is 13.0. The van der Waals surface area contributed by atoms with Crippen LogP contribution >= 0.6 is 11.6 Å². The number of primary sulfonamides is 1. The number of carbonyl (C=O) groups excluding carboxylic acids is 3. The largest absolute Gasteiger partial charge is 0.483 e. The van der Waals surface area contributed by atoms with Gasteiger partial charge in [-0.25, -0.2) is 18.6 Å². The summed E-state index contributed by atoms with van der Waals surface area (Å²) in [5.41, 5.74) is 0.937. The normalized spacial score (nSPS) is 10.9. The van der Waals surface area contributed by atoms with E-state index in [2.05, 4.69) is 5.32 Å². The van der Waals surface area contributed by atoms with Crippen LogP contribution in [0.5, 0.6) is 5.75 Å². The number of rotatable bonds is 9. The molecule has 0 aromatic heterocycles. The minimum Gasteiger partial charge on any atom is -0.483 e. The van der Waals surface area contributed by atoms with Crippen molar-refractivity contribution in [1.29, 1.82) is 5.26 Å². The van der Waals surface area contributed by atoms with Crippen LogP contribution in [0.25, 0.3) is 0 Å². The van der Waals surface area contributed by atoms with Crippen molar-refractivity contribution in [1.82, 2.24) is 5.06 Å². The number of benzene rings is 3. The lowest BCUT2D eigenvalue weighted by Crippen LogP contribution is -2.25. The van der Waals surface area contributed by atoms with E-state index in [1.807, 2.05) is 6.07 Å². The molecule has 39 heavy (non-hydrogen) atoms. The van der Waals surface area contributed by atoms with Crippen molar-refractivity contribution in [2.24, 2.45) is 5.14 Å². The zero-order valence-corrected chi connectivity index (χ0v) is 22.6. The van der Waals surface area contributed by atoms with Gasteiger partial charge in [-0.2, -0.15) is 5.26 Å². The molecule has 202 valence electrons. The van der Waals surface area contributed by atoms with Gasteiger partial charge in [-0.1, -0.05) is 11.6 Å². The Hall–Kier alpha value is -4.28. The van der Waals surface area contributed by atoms with E-state index in [0.717, 1.165) is 5.06 Å². The van der Waals surface area contributed by atoms with Gasteiger partial charge < -0.3 is 10.1 Å². The molecule has 3 aromatic carbocycles. The van der Waals surface area contributed by atoms with Crippen molar-refractivity contribution in [3.05, 3.63) is 87.4 Å². The number of nitriles is 1. The van der Waals surface area contributed by atoms with Gasteiger partial charge in [0.2, 0.25) is 10.0 Å². The van der Waals surface area contributed by atoms with Gasteiger partial charge >= 0.3 is 0 Å². The number of ketones is 1. The smallest absolute Gasteiger partial charge is 0.277 e. The summed E-state index contributed by atoms with van der Waals surface area (Å²) in [6.07, 6.45) is 0. The number of sulfonamides is 1. The number of ether oxygens (including phenoxy) is 1. The molecule has 0 aliphatic heterocycles. The van der Waals surface area contributed by atoms with Gasteiger partial charge in [0.1, 0.15) is 5.75 Å². The molecule has 0 atom stereocenters. The lowest BCUT2D eigenvalue weighted by Gasteiger charge is -2.15. The van der Waals surface area contributed by atoms with Crippen molar-refractivity contribution in [2.75, 3.05) is 26.1 Å². The number of hydroxylamine groups is 2. The average molecular weight is 571 g/mol. The van der Waals surface area contributed by atoms with Crippen LogP contribution in [0, 0.1) is 18.3 Å². The van der Waals surface area contributed by atoms with E-state index >= 15 is 0 Å². The van der Waals surface area contributed by atoms with Crippen LogP contribution in [0.4, 0.5) is 5.69 Å². The number of carbonyl (C=O) groups is 3. The predicted molar refractivity (Wildman–Crippen MR) is 142 cm³/mol. The number of hydrogen-bond donors (Lipinski definition) is 2. The van der Waals surface area contributed by atoms with Gasteiger partial charge in [-0.3, -0.25) is 19.2 Å². The zero-order chi connectivity index (χ0) is 28.9. The quantitative estimate of drug-likeness (QED) is 0.292. The highest BCUT2D eigenvalue weighted by Crippen LogP contribution is 2.27. The summed E-state index contributed by atoms with van der Waals surface area (Å²) in [5, 5.41) is 18.3. The third-order valence-electron chi connectivity index (χ3n) is 5.48. The van der Waals surface area contributed by atoms with E-state index in [9.17, 15) is 28.1 Å². The number of hydrogen-bond acceptors (Lipinski definition) is 8. The highest BCUT2D eigenvalue weighted by molar-refractivity contribution is 7.89. The Morgan fingerprint density at radius 3 is 2.38 bits per heavy atom. The fourth-order valence-electron chi connectivity index (χ4n) is 3.46. The van der Waals surface area contributed by atoms with E-state index in [0.29, 0.717) is 11.3 Å². The summed E-state index contributed by atoms with van der Waals surface area (Å²) in [4.78, 5) is 43.3. The van der Waals surface area contributed by atoms with E-state index in [1.165, 1.54) is 68.8 Å². The highest BCUT2D eigenvalue weighted by atomic mass is 35.5. The maximum atomic E-state index is 13.4. The van der Waals surface area contributed by atoms with Crippen molar-refractivity contribution < 1.29 is 32.4 Å². The Kier molecular flexibility index (Phi) is 9.05. The first kappa shape index (κ1) is 29.3. The molecule has 2 amide bonds. The summed E-state index contributed by atoms with van der Waals surface area (Å²) in [6, 6.07) is 14.1. The zero-order valence-electron chi connectivity index (χ0n) is 21.0. The van der Waals surface area contributed by atoms with Crippen molar-refractivity contribution in [2.45, 2.75) is 11.8 Å². The monoisotopic (exact) mass is 570 g/mol. The number of nitrogens with one attached hydrogen (secondary N) is 1. The summed E-state index contributed by atoms with van der Waals surface area (Å²) in [6.45, 7) is 1.10. The minimum atomic E-state index is -3.90. The van der Waals surface area contributed by atoms with Crippen LogP contribution in [-0.2, 0) is 19.7 Å². The Morgan fingerprint density at radius 1 is 1.08 bits per heavy atom. The van der Waals surface area contributed by atoms with Gasteiger partial charge in [-0.15, -0.1) is 0 Å². The second-order valence-electron chi connectivity index (χ2n) is 8.22. The standard InChI is InChI=1S/C26H23ClN4O7S/c1-15-8-20(39(29,35)36)5-6-22(15)30-24(32)14-38-23-7-4-19(27)12-21(23)25(33)17-9-16(13-28)10-18(11-17)26(34)31(2)37-3/h4-12H,14H2,1-3H3,(H,30,32)(H2,29,35,36). The minimum absolute atomic E-state index is 0.00225. The molecule has 0 saturated carbocycles. The summed E-state index contributed by atoms with van der Waals surface area (Å²) >= 11 is 6.11. The molecule has 0 fully saturated rings. The van der Waals surface area contributed by atoms with Crippen molar-refractivity contribution in [3.63, 3.8) is 0 Å². The van der Waals surface area contributed by atoms with Gasteiger partial charge in [0.25, 0.3) is 11.8 Å². The number of halogens is 1. The van der Waals surface area contributed by atoms with Gasteiger partial charge in [0.15, 0.2) is 12.4 Å². The molecule has 3 rings (SSSR count). The third-order valence-corrected chi connectivity index (χ3v) is 6.62. The van der Waals surface area contributed by atoms with Crippen LogP contribution in [0.3, 0.4) is 0 Å². The molecular formula is C26H23ClN4O7S. The predicted octanol–water partition coefficient (Wildman–Crippen LogP) is 3.05. The van der Waals surface area contributed by atoms with E-state index in [4.69, 9.17) is 26.3 Å². The lowest BCUT2D eigenvalue weighted by molar-refractivity contribution is -0.118. The summed E-state index contributed by atoms with van der Waals surface area (Å²) in [5.74, 6) is -1.73. The molecule has 0 bridgehead atoms. The van der Waals surface area contributed by atoms with Crippen molar-refractivity contribution >= 4 is 44.9 Å². The average Bonchev–Trinajstić information content (AvgIpc) is 2.91. The van der Waals surface area contributed by atoms with E-state index in [-0.39, 0.29) is 37.9 Å². The number of anilines is 1. The van der Waals surface area contributed by atoms with E-state index in [1.54, 1.807) is 6.92 Å². The second-order valence-corrected chi connectivity index (χ2v) is 10.2. The molecular weight excluding hydrogens is 548 g/mol. The molecule has 13 heteroatoms. The molecule has 0 aliphatic carbocycles. The van der Waals surface area contributed by atoms with Crippen LogP contribution in [0.2, 0.25) is 5.02 Å². The summed E-state index contributed by atoms with van der Waals surface area (Å²) < 4.78 is 28.6. The highest BCUT2D eigenvalue weighted by Gasteiger charge is 2.21. The Morgan fingerprint density at radius 2 is 1.77 bits per heavy atom. The fourth-order valence-corrected chi connectivity index (χ4v) is 4.23. The molecule has 0 unspecified atom stereocenters. The van der Waals surface area contributed by atoms with E-state index < -0.39 is 34.2 Å². The number of amides is 2. The first-order valence-electron chi connectivity index (χ1n) is 11.1. The van der Waals surface area contributed by atoms with Gasteiger partial charge in [0.05, 0.1) is 29.2 Å². The maximum Gasteiger partial charge on any atom is 0.277 e. The molecule has 3 aromatic rings.